The van der Waals surface area contributed by atoms with Crippen molar-refractivity contribution in [2.45, 2.75) is 32.9 Å². The van der Waals surface area contributed by atoms with E-state index in [1.54, 1.807) is 10.9 Å². The van der Waals surface area contributed by atoms with E-state index in [2.05, 4.69) is 15.7 Å². The van der Waals surface area contributed by atoms with Gasteiger partial charge in [-0.05, 0) is 20.8 Å². The van der Waals surface area contributed by atoms with Crippen molar-refractivity contribution in [3.8, 4) is 0 Å². The lowest BCUT2D eigenvalue weighted by Crippen LogP contribution is -2.43. The molecule has 1 heterocycles. The molecule has 1 rings (SSSR count). The molecule has 0 saturated heterocycles. The van der Waals surface area contributed by atoms with Crippen LogP contribution in [0.2, 0.25) is 0 Å². The second kappa shape index (κ2) is 5.12. The van der Waals surface area contributed by atoms with Gasteiger partial charge in [0, 0.05) is 30.9 Å². The third-order valence-electron chi connectivity index (χ3n) is 2.03. The van der Waals surface area contributed by atoms with Gasteiger partial charge in [0.1, 0.15) is 0 Å². The van der Waals surface area contributed by atoms with Crippen LogP contribution < -0.4 is 10.6 Å². The Kier molecular flexibility index (Phi) is 4.06. The van der Waals surface area contributed by atoms with Crippen LogP contribution in [0.25, 0.3) is 0 Å². The van der Waals surface area contributed by atoms with Gasteiger partial charge in [-0.25, -0.2) is 0 Å². The quantitative estimate of drug-likeness (QED) is 0.779. The molecule has 1 amide bonds. The number of rotatable bonds is 4. The number of hydrogen-bond donors (Lipinski definition) is 2. The first-order valence-electron chi connectivity index (χ1n) is 5.36. The Bertz CT molecular complexity index is 351. The Hall–Kier alpha value is -1.36. The molecule has 5 heteroatoms. The topological polar surface area (TPSA) is 59.0 Å². The van der Waals surface area contributed by atoms with Crippen LogP contribution in [0, 0.1) is 0 Å². The van der Waals surface area contributed by atoms with E-state index in [1.165, 1.54) is 0 Å². The average Bonchev–Trinajstić information content (AvgIpc) is 2.57. The fourth-order valence-electron chi connectivity index (χ4n) is 1.17. The second-order valence-corrected chi connectivity index (χ2v) is 4.90. The van der Waals surface area contributed by atoms with Gasteiger partial charge in [-0.2, -0.15) is 5.10 Å². The van der Waals surface area contributed by atoms with Crippen molar-refractivity contribution in [2.75, 3.05) is 6.54 Å². The number of hydrogen-bond acceptors (Lipinski definition) is 3. The molecule has 16 heavy (non-hydrogen) atoms. The van der Waals surface area contributed by atoms with Crippen molar-refractivity contribution in [1.29, 1.82) is 0 Å². The number of nitrogens with zero attached hydrogens (tertiary/aromatic N) is 2. The summed E-state index contributed by atoms with van der Waals surface area (Å²) >= 11 is 0. The Labute approximate surface area is 96.2 Å². The SMILES string of the molecule is Cn1cc(CNC(=O)CNC(C)(C)C)cn1. The van der Waals surface area contributed by atoms with Gasteiger partial charge in [0.15, 0.2) is 0 Å². The van der Waals surface area contributed by atoms with Gasteiger partial charge in [0.05, 0.1) is 12.7 Å². The lowest BCUT2D eigenvalue weighted by molar-refractivity contribution is -0.120. The molecule has 5 nitrogen and oxygen atoms in total. The van der Waals surface area contributed by atoms with Crippen LogP contribution in [0.5, 0.6) is 0 Å². The largest absolute Gasteiger partial charge is 0.351 e. The molecule has 0 saturated carbocycles. The van der Waals surface area contributed by atoms with E-state index in [1.807, 2.05) is 34.0 Å². The molecule has 1 aromatic rings. The summed E-state index contributed by atoms with van der Waals surface area (Å²) in [5.41, 5.74) is 0.970. The third kappa shape index (κ3) is 4.93. The van der Waals surface area contributed by atoms with Gasteiger partial charge in [-0.15, -0.1) is 0 Å². The molecule has 0 radical (unpaired) electrons. The summed E-state index contributed by atoms with van der Waals surface area (Å²) in [6.45, 7) is 6.95. The highest BCUT2D eigenvalue weighted by atomic mass is 16.1. The van der Waals surface area contributed by atoms with E-state index in [0.29, 0.717) is 13.1 Å². The summed E-state index contributed by atoms with van der Waals surface area (Å²) < 4.78 is 1.72. The maximum absolute atomic E-state index is 11.5. The van der Waals surface area contributed by atoms with Crippen LogP contribution in [0.3, 0.4) is 0 Å². The molecule has 0 aromatic carbocycles. The molecule has 0 aliphatic carbocycles. The van der Waals surface area contributed by atoms with Crippen molar-refractivity contribution in [1.82, 2.24) is 20.4 Å². The van der Waals surface area contributed by atoms with Gasteiger partial charge in [-0.3, -0.25) is 9.48 Å². The van der Waals surface area contributed by atoms with Crippen molar-refractivity contribution >= 4 is 5.91 Å². The van der Waals surface area contributed by atoms with Gasteiger partial charge in [0.2, 0.25) is 5.91 Å². The first-order valence-corrected chi connectivity index (χ1v) is 5.36. The first kappa shape index (κ1) is 12.7. The van der Waals surface area contributed by atoms with Gasteiger partial charge >= 0.3 is 0 Å². The minimum absolute atomic E-state index is 0.00113. The van der Waals surface area contributed by atoms with Crippen LogP contribution in [0.4, 0.5) is 0 Å². The van der Waals surface area contributed by atoms with E-state index in [0.717, 1.165) is 5.56 Å². The predicted molar refractivity (Wildman–Crippen MR) is 62.8 cm³/mol. The molecule has 0 fully saturated rings. The normalized spacial score (nSPS) is 11.5. The smallest absolute Gasteiger partial charge is 0.234 e. The van der Waals surface area contributed by atoms with E-state index < -0.39 is 0 Å². The second-order valence-electron chi connectivity index (χ2n) is 4.90. The Morgan fingerprint density at radius 2 is 2.19 bits per heavy atom. The van der Waals surface area contributed by atoms with Crippen LogP contribution >= 0.6 is 0 Å². The van der Waals surface area contributed by atoms with Gasteiger partial charge < -0.3 is 10.6 Å². The summed E-state index contributed by atoms with van der Waals surface area (Å²) in [7, 11) is 1.85. The van der Waals surface area contributed by atoms with Crippen LogP contribution in [0.1, 0.15) is 26.3 Å². The van der Waals surface area contributed by atoms with Crippen molar-refractivity contribution in [2.24, 2.45) is 7.05 Å². The zero-order valence-electron chi connectivity index (χ0n) is 10.4. The number of aromatic nitrogens is 2. The van der Waals surface area contributed by atoms with Crippen molar-refractivity contribution in [3.63, 3.8) is 0 Å². The van der Waals surface area contributed by atoms with Crippen molar-refractivity contribution in [3.05, 3.63) is 18.0 Å². The highest BCUT2D eigenvalue weighted by Crippen LogP contribution is 1.97. The van der Waals surface area contributed by atoms with E-state index in [9.17, 15) is 4.79 Å². The van der Waals surface area contributed by atoms with Crippen LogP contribution in [-0.4, -0.2) is 27.8 Å². The fraction of sp³-hybridized carbons (Fsp3) is 0.636. The summed E-state index contributed by atoms with van der Waals surface area (Å²) in [6, 6.07) is 0. The van der Waals surface area contributed by atoms with Crippen LogP contribution in [0.15, 0.2) is 12.4 Å². The maximum Gasteiger partial charge on any atom is 0.234 e. The number of amides is 1. The molecule has 0 atom stereocenters. The zero-order valence-corrected chi connectivity index (χ0v) is 10.4. The number of carbonyl (C=O) groups is 1. The van der Waals surface area contributed by atoms with Gasteiger partial charge in [-0.1, -0.05) is 0 Å². The number of nitrogens with one attached hydrogen (secondary N) is 2. The molecule has 0 aliphatic rings. The predicted octanol–water partition coefficient (Wildman–Crippen LogP) is 0.424. The van der Waals surface area contributed by atoms with Gasteiger partial charge in [0.25, 0.3) is 0 Å². The zero-order chi connectivity index (χ0) is 12.2. The summed E-state index contributed by atoms with van der Waals surface area (Å²) in [5, 5.41) is 9.99. The molecule has 90 valence electrons. The Morgan fingerprint density at radius 3 is 2.69 bits per heavy atom. The van der Waals surface area contributed by atoms with Crippen LogP contribution in [-0.2, 0) is 18.4 Å². The summed E-state index contributed by atoms with van der Waals surface area (Å²) in [4.78, 5) is 11.5. The summed E-state index contributed by atoms with van der Waals surface area (Å²) in [6.07, 6.45) is 3.63. The highest BCUT2D eigenvalue weighted by molar-refractivity contribution is 5.78. The standard InChI is InChI=1S/C11H20N4O/c1-11(2,3)13-7-10(16)12-5-9-6-14-15(4)8-9/h6,8,13H,5,7H2,1-4H3,(H,12,16). The van der Waals surface area contributed by atoms with Crippen molar-refractivity contribution < 1.29 is 4.79 Å². The number of carbonyl (C=O) groups excluding carboxylic acids is 1. The molecule has 1 aromatic heterocycles. The molecule has 0 bridgehead atoms. The molecular formula is C11H20N4O. The first-order chi connectivity index (χ1) is 7.37. The lowest BCUT2D eigenvalue weighted by atomic mass is 10.1. The maximum atomic E-state index is 11.5. The van der Waals surface area contributed by atoms with E-state index in [-0.39, 0.29) is 11.4 Å². The molecule has 0 spiro atoms. The molecule has 0 unspecified atom stereocenters. The minimum Gasteiger partial charge on any atom is -0.351 e. The molecular weight excluding hydrogens is 204 g/mol. The highest BCUT2D eigenvalue weighted by Gasteiger charge is 2.10. The number of aryl methyl sites for hydroxylation is 1. The van der Waals surface area contributed by atoms with E-state index in [4.69, 9.17) is 0 Å². The third-order valence-corrected chi connectivity index (χ3v) is 2.03. The average molecular weight is 224 g/mol. The lowest BCUT2D eigenvalue weighted by Gasteiger charge is -2.19. The summed E-state index contributed by atoms with van der Waals surface area (Å²) in [5.74, 6) is -0.00113. The Morgan fingerprint density at radius 1 is 1.50 bits per heavy atom. The van der Waals surface area contributed by atoms with E-state index >= 15 is 0 Å². The monoisotopic (exact) mass is 224 g/mol. The fourth-order valence-corrected chi connectivity index (χ4v) is 1.17. The Balaban J connectivity index is 2.25. The minimum atomic E-state index is -0.0361. The molecule has 2 N–H and O–H groups in total. The molecule has 0 aliphatic heterocycles.